The van der Waals surface area contributed by atoms with Crippen LogP contribution in [0.25, 0.3) is 22.2 Å². The third kappa shape index (κ3) is 4.75. The van der Waals surface area contributed by atoms with E-state index in [1.54, 1.807) is 0 Å². The van der Waals surface area contributed by atoms with Crippen molar-refractivity contribution >= 4 is 10.9 Å². The Morgan fingerprint density at radius 1 is 0.971 bits per heavy atom. The minimum Gasteiger partial charge on any atom is -0.393 e. The van der Waals surface area contributed by atoms with Crippen molar-refractivity contribution in [3.63, 3.8) is 0 Å². The molecule has 1 aromatic heterocycles. The van der Waals surface area contributed by atoms with Crippen molar-refractivity contribution in [1.29, 1.82) is 0 Å². The van der Waals surface area contributed by atoms with Crippen LogP contribution in [0.2, 0.25) is 0 Å². The zero-order chi connectivity index (χ0) is 23.2. The van der Waals surface area contributed by atoms with Crippen molar-refractivity contribution in [2.75, 3.05) is 0 Å². The van der Waals surface area contributed by atoms with E-state index in [2.05, 4.69) is 69.3 Å². The maximum atomic E-state index is 10.4. The second kappa shape index (κ2) is 10.2. The molecule has 1 radical (unpaired) electrons. The van der Waals surface area contributed by atoms with E-state index in [9.17, 15) is 10.2 Å². The molecular weight excluding hydrogens is 599 g/mol. The molecule has 3 saturated carbocycles. The molecule has 1 spiro atoms. The van der Waals surface area contributed by atoms with E-state index < -0.39 is 0 Å². The zero-order valence-corrected chi connectivity index (χ0v) is 22.9. The number of rotatable bonds is 1. The maximum Gasteiger partial charge on any atom is 0.0651 e. The summed E-state index contributed by atoms with van der Waals surface area (Å²) < 4.78 is 0. The first kappa shape index (κ1) is 25.5. The molecule has 2 N–H and O–H groups in total. The Labute approximate surface area is 217 Å². The molecule has 0 aliphatic heterocycles. The first-order chi connectivity index (χ1) is 15.9. The van der Waals surface area contributed by atoms with Crippen LogP contribution in [0.5, 0.6) is 0 Å². The Bertz CT molecular complexity index is 1130. The third-order valence-electron chi connectivity index (χ3n) is 8.46. The van der Waals surface area contributed by atoms with Crippen LogP contribution in [0.1, 0.15) is 61.6 Å². The summed E-state index contributed by atoms with van der Waals surface area (Å²) in [6.07, 6.45) is 7.81. The summed E-state index contributed by atoms with van der Waals surface area (Å²) in [7, 11) is 0. The quantitative estimate of drug-likeness (QED) is 0.308. The molecule has 3 aliphatic carbocycles. The van der Waals surface area contributed by atoms with Crippen molar-refractivity contribution < 1.29 is 30.3 Å². The molecule has 3 fully saturated rings. The van der Waals surface area contributed by atoms with E-state index in [4.69, 9.17) is 4.98 Å². The fraction of sp³-hybridized carbons (Fsp3) is 0.500. The number of aromatic nitrogens is 1. The van der Waals surface area contributed by atoms with Gasteiger partial charge in [-0.15, -0.1) is 34.9 Å². The van der Waals surface area contributed by atoms with Crippen LogP contribution in [-0.2, 0) is 20.1 Å². The molecule has 1 heterocycles. The number of aliphatic hydroxyl groups excluding tert-OH is 2. The van der Waals surface area contributed by atoms with Gasteiger partial charge in [-0.3, -0.25) is 4.98 Å². The number of hydrogen-bond acceptors (Lipinski definition) is 3. The average Bonchev–Trinajstić information content (AvgIpc) is 3.47. The zero-order valence-electron chi connectivity index (χ0n) is 20.5. The van der Waals surface area contributed by atoms with E-state index in [1.165, 1.54) is 48.6 Å². The minimum atomic E-state index is -0.213. The average molecular weight is 635 g/mol. The van der Waals surface area contributed by atoms with Gasteiger partial charge in [-0.05, 0) is 67.7 Å². The predicted octanol–water partition coefficient (Wildman–Crippen LogP) is 6.32. The second-order valence-electron chi connectivity index (χ2n) is 10.8. The molecule has 4 atom stereocenters. The standard InChI is InChI=1S/C18H16N.C12H20O2.Ir/c1-12-9-13(2)11-15(10-12)17-8-7-16-14(3)5-4-6-18(16)19-17;13-9-4-3-8-7-12(5-1-2-6-12)11(14)10(8)9;/h4-10H,1-3H3;8-11,13-14H,1-7H2;/q-1;;. The Balaban J connectivity index is 0.000000163. The van der Waals surface area contributed by atoms with Gasteiger partial charge in [0.1, 0.15) is 0 Å². The Morgan fingerprint density at radius 2 is 1.74 bits per heavy atom. The Morgan fingerprint density at radius 3 is 2.44 bits per heavy atom. The number of benzene rings is 2. The molecule has 0 bridgehead atoms. The van der Waals surface area contributed by atoms with Crippen LogP contribution in [0, 0.1) is 44.1 Å². The van der Waals surface area contributed by atoms with Crippen LogP contribution < -0.4 is 0 Å². The van der Waals surface area contributed by atoms with E-state index >= 15 is 0 Å². The van der Waals surface area contributed by atoms with Crippen molar-refractivity contribution in [1.82, 2.24) is 4.98 Å². The number of aryl methyl sites for hydroxylation is 3. The normalized spacial score (nSPS) is 26.7. The molecule has 3 aliphatic rings. The summed E-state index contributed by atoms with van der Waals surface area (Å²) in [5.74, 6) is 0.839. The number of pyridine rings is 1. The molecule has 4 unspecified atom stereocenters. The Hall–Kier alpha value is -1.58. The SMILES string of the molecule is Cc1[c-]c(-c2ccc3c(C)cccc3n2)cc(C)c1.OC1CCC2CC3(CCCC3)C(O)C12.[Ir]. The van der Waals surface area contributed by atoms with Crippen LogP contribution in [0.3, 0.4) is 0 Å². The van der Waals surface area contributed by atoms with Crippen LogP contribution in [0.15, 0.2) is 42.5 Å². The molecule has 3 nitrogen and oxygen atoms in total. The van der Waals surface area contributed by atoms with Gasteiger partial charge < -0.3 is 10.2 Å². The summed E-state index contributed by atoms with van der Waals surface area (Å²) in [4.78, 5) is 4.76. The fourth-order valence-corrected chi connectivity index (χ4v) is 6.91. The van der Waals surface area contributed by atoms with Crippen LogP contribution in [-0.4, -0.2) is 27.4 Å². The second-order valence-corrected chi connectivity index (χ2v) is 10.8. The minimum absolute atomic E-state index is 0. The number of nitrogens with zero attached hydrogens (tertiary/aromatic N) is 1. The van der Waals surface area contributed by atoms with Gasteiger partial charge in [-0.2, -0.15) is 0 Å². The number of fused-ring (bicyclic) bond motifs is 2. The molecule has 3 aromatic rings. The van der Waals surface area contributed by atoms with Crippen molar-refractivity contribution in [3.05, 3.63) is 65.2 Å². The summed E-state index contributed by atoms with van der Waals surface area (Å²) in [5.41, 5.74) is 6.99. The van der Waals surface area contributed by atoms with Crippen molar-refractivity contribution in [3.8, 4) is 11.3 Å². The molecule has 34 heavy (non-hydrogen) atoms. The van der Waals surface area contributed by atoms with E-state index in [1.807, 2.05) is 0 Å². The smallest absolute Gasteiger partial charge is 0.0651 e. The van der Waals surface area contributed by atoms with E-state index in [0.29, 0.717) is 5.92 Å². The van der Waals surface area contributed by atoms with Gasteiger partial charge in [-0.1, -0.05) is 51.0 Å². The topological polar surface area (TPSA) is 53.4 Å². The van der Waals surface area contributed by atoms with Gasteiger partial charge in [0.15, 0.2) is 0 Å². The fourth-order valence-electron chi connectivity index (χ4n) is 6.91. The number of aliphatic hydroxyl groups is 2. The van der Waals surface area contributed by atoms with Gasteiger partial charge in [0.05, 0.1) is 17.7 Å². The molecule has 0 amide bonds. The first-order valence-corrected chi connectivity index (χ1v) is 12.6. The molecule has 6 rings (SSSR count). The molecule has 0 saturated heterocycles. The first-order valence-electron chi connectivity index (χ1n) is 12.6. The van der Waals surface area contributed by atoms with Gasteiger partial charge in [0.2, 0.25) is 0 Å². The maximum absolute atomic E-state index is 10.4. The van der Waals surface area contributed by atoms with Crippen molar-refractivity contribution in [2.24, 2.45) is 17.3 Å². The van der Waals surface area contributed by atoms with Crippen LogP contribution in [0.4, 0.5) is 0 Å². The van der Waals surface area contributed by atoms with E-state index in [0.717, 1.165) is 35.2 Å². The molecule has 183 valence electrons. The van der Waals surface area contributed by atoms with Gasteiger partial charge in [0, 0.05) is 31.4 Å². The van der Waals surface area contributed by atoms with Gasteiger partial charge in [-0.25, -0.2) is 0 Å². The summed E-state index contributed by atoms with van der Waals surface area (Å²) in [6.45, 7) is 6.30. The van der Waals surface area contributed by atoms with E-state index in [-0.39, 0.29) is 43.6 Å². The largest absolute Gasteiger partial charge is 0.393 e. The molecular formula is C30H36IrNO2-. The monoisotopic (exact) mass is 635 g/mol. The summed E-state index contributed by atoms with van der Waals surface area (Å²) >= 11 is 0. The van der Waals surface area contributed by atoms with Gasteiger partial charge >= 0.3 is 0 Å². The predicted molar refractivity (Wildman–Crippen MR) is 134 cm³/mol. The summed E-state index contributed by atoms with van der Waals surface area (Å²) in [6, 6.07) is 18.1. The van der Waals surface area contributed by atoms with Crippen molar-refractivity contribution in [2.45, 2.75) is 77.9 Å². The number of hydrogen-bond donors (Lipinski definition) is 2. The van der Waals surface area contributed by atoms with Crippen LogP contribution >= 0.6 is 0 Å². The Kier molecular flexibility index (Phi) is 7.64. The third-order valence-corrected chi connectivity index (χ3v) is 8.46. The van der Waals surface area contributed by atoms with Gasteiger partial charge in [0.25, 0.3) is 0 Å². The summed E-state index contributed by atoms with van der Waals surface area (Å²) in [5, 5.41) is 21.4. The molecule has 4 heteroatoms. The molecule has 2 aromatic carbocycles.